The smallest absolute Gasteiger partial charge is 0.369 e. The first kappa shape index (κ1) is 19.7. The van der Waals surface area contributed by atoms with Crippen LogP contribution < -0.4 is 5.73 Å². The van der Waals surface area contributed by atoms with Gasteiger partial charge in [0.15, 0.2) is 0 Å². The number of anilines is 1. The van der Waals surface area contributed by atoms with Gasteiger partial charge < -0.3 is 10.3 Å². The Kier molecular flexibility index (Phi) is 7.25. The Morgan fingerprint density at radius 2 is 1.87 bits per heavy atom. The number of thioether (sulfide) groups is 1. The van der Waals surface area contributed by atoms with Crippen LogP contribution in [0, 0.1) is 0 Å². The molecule has 1 aliphatic rings. The molecule has 130 valence electrons. The normalized spacial score (nSPS) is 13.5. The van der Waals surface area contributed by atoms with Crippen LogP contribution in [-0.2, 0) is 18.5 Å². The second-order valence-corrected chi connectivity index (χ2v) is 5.99. The number of nitrogens with zero attached hydrogens (tertiary/aromatic N) is 2. The molecule has 1 aromatic carbocycles. The number of imidazole rings is 1. The average molecular weight is 347 g/mol. The summed E-state index contributed by atoms with van der Waals surface area (Å²) in [5.41, 5.74) is 6.83. The highest BCUT2D eigenvalue weighted by molar-refractivity contribution is 7.98. The molecular weight excluding hydrogens is 323 g/mol. The van der Waals surface area contributed by atoms with E-state index in [0.29, 0.717) is 23.4 Å². The molecule has 1 aliphatic heterocycles. The first-order valence-electron chi connectivity index (χ1n) is 7.82. The number of alkyl halides is 3. The van der Waals surface area contributed by atoms with Crippen LogP contribution in [0.1, 0.15) is 45.2 Å². The molecule has 0 atom stereocenters. The van der Waals surface area contributed by atoms with E-state index in [-0.39, 0.29) is 5.95 Å². The van der Waals surface area contributed by atoms with E-state index in [9.17, 15) is 13.2 Å². The van der Waals surface area contributed by atoms with Gasteiger partial charge in [-0.1, -0.05) is 34.1 Å². The summed E-state index contributed by atoms with van der Waals surface area (Å²) in [6, 6.07) is 2.28. The summed E-state index contributed by atoms with van der Waals surface area (Å²) in [6.07, 6.45) is -3.10. The van der Waals surface area contributed by atoms with Crippen LogP contribution in [0.2, 0.25) is 0 Å². The van der Waals surface area contributed by atoms with Crippen LogP contribution in [0.4, 0.5) is 19.1 Å². The lowest BCUT2D eigenvalue weighted by Crippen LogP contribution is -2.06. The Balaban J connectivity index is 0.000000477. The van der Waals surface area contributed by atoms with Gasteiger partial charge >= 0.3 is 6.18 Å². The van der Waals surface area contributed by atoms with Crippen LogP contribution >= 0.6 is 11.8 Å². The van der Waals surface area contributed by atoms with E-state index >= 15 is 0 Å². The van der Waals surface area contributed by atoms with Gasteiger partial charge in [-0.2, -0.15) is 24.9 Å². The molecule has 0 saturated heterocycles. The summed E-state index contributed by atoms with van der Waals surface area (Å²) in [5, 5.41) is 0. The highest BCUT2D eigenvalue weighted by atomic mass is 32.2. The van der Waals surface area contributed by atoms with Crippen molar-refractivity contribution in [2.45, 2.75) is 52.6 Å². The Morgan fingerprint density at radius 3 is 2.43 bits per heavy atom. The van der Waals surface area contributed by atoms with Crippen LogP contribution in [0.3, 0.4) is 0 Å². The highest BCUT2D eigenvalue weighted by Gasteiger charge is 2.32. The first-order valence-corrected chi connectivity index (χ1v) is 8.97. The number of benzene rings is 1. The fourth-order valence-corrected chi connectivity index (χ4v) is 3.11. The van der Waals surface area contributed by atoms with Crippen molar-refractivity contribution in [1.82, 2.24) is 9.55 Å². The summed E-state index contributed by atoms with van der Waals surface area (Å²) in [6.45, 7) is 8.94. The van der Waals surface area contributed by atoms with Crippen molar-refractivity contribution in [3.63, 3.8) is 0 Å². The molecule has 1 aromatic heterocycles. The zero-order valence-electron chi connectivity index (χ0n) is 14.0. The molecule has 0 saturated carbocycles. The van der Waals surface area contributed by atoms with E-state index in [0.717, 1.165) is 17.3 Å². The van der Waals surface area contributed by atoms with Crippen LogP contribution in [0.5, 0.6) is 0 Å². The molecule has 23 heavy (non-hydrogen) atoms. The summed E-state index contributed by atoms with van der Waals surface area (Å²) < 4.78 is 40.2. The monoisotopic (exact) mass is 347 g/mol. The maximum atomic E-state index is 12.8. The second-order valence-electron chi connectivity index (χ2n) is 4.88. The van der Waals surface area contributed by atoms with Crippen molar-refractivity contribution in [3.05, 3.63) is 23.3 Å². The van der Waals surface area contributed by atoms with Crippen molar-refractivity contribution < 1.29 is 13.2 Å². The molecular formula is C16H24F3N3S. The highest BCUT2D eigenvalue weighted by Crippen LogP contribution is 2.36. The van der Waals surface area contributed by atoms with Gasteiger partial charge in [-0.3, -0.25) is 0 Å². The first-order chi connectivity index (χ1) is 10.9. The minimum atomic E-state index is -4.35. The lowest BCUT2D eigenvalue weighted by Gasteiger charge is -2.09. The maximum Gasteiger partial charge on any atom is 0.416 e. The van der Waals surface area contributed by atoms with Crippen molar-refractivity contribution in [1.29, 1.82) is 0 Å². The minimum Gasteiger partial charge on any atom is -0.369 e. The zero-order valence-corrected chi connectivity index (χ0v) is 14.8. The third kappa shape index (κ3) is 4.56. The van der Waals surface area contributed by atoms with Gasteiger partial charge in [0.25, 0.3) is 0 Å². The van der Waals surface area contributed by atoms with Crippen LogP contribution in [0.15, 0.2) is 12.1 Å². The number of hydrogen-bond donors (Lipinski definition) is 1. The largest absolute Gasteiger partial charge is 0.416 e. The van der Waals surface area contributed by atoms with Crippen molar-refractivity contribution in [3.8, 4) is 0 Å². The van der Waals surface area contributed by atoms with Gasteiger partial charge in [0.1, 0.15) is 0 Å². The molecule has 2 aromatic rings. The number of nitrogen functional groups attached to an aromatic ring is 1. The number of nitrogens with two attached hydrogens (primary N) is 1. The molecule has 7 heteroatoms. The van der Waals surface area contributed by atoms with Gasteiger partial charge in [-0.05, 0) is 17.7 Å². The molecule has 2 heterocycles. The number of rotatable bonds is 0. The lowest BCUT2D eigenvalue weighted by atomic mass is 10.1. The molecule has 0 amide bonds. The molecule has 2 N–H and O–H groups in total. The van der Waals surface area contributed by atoms with Crippen LogP contribution in [-0.4, -0.2) is 15.3 Å². The average Bonchev–Trinajstić information content (AvgIpc) is 2.68. The predicted octanol–water partition coefficient (Wildman–Crippen LogP) is 5.33. The summed E-state index contributed by atoms with van der Waals surface area (Å²) in [7, 11) is 0. The molecule has 0 bridgehead atoms. The SMILES string of the molecule is CC.CCC.Nc1nc2cc(C(F)(F)F)cc3c2n1CCSC3. The molecule has 0 unspecified atom stereocenters. The van der Waals surface area contributed by atoms with E-state index in [1.165, 1.54) is 12.5 Å². The van der Waals surface area contributed by atoms with E-state index in [1.54, 1.807) is 16.3 Å². The number of aromatic nitrogens is 2. The molecule has 0 radical (unpaired) electrons. The van der Waals surface area contributed by atoms with E-state index < -0.39 is 11.7 Å². The Morgan fingerprint density at radius 1 is 1.26 bits per heavy atom. The molecule has 3 nitrogen and oxygen atoms in total. The maximum absolute atomic E-state index is 12.8. The summed E-state index contributed by atoms with van der Waals surface area (Å²) >= 11 is 1.61. The van der Waals surface area contributed by atoms with E-state index in [2.05, 4.69) is 18.8 Å². The van der Waals surface area contributed by atoms with E-state index in [4.69, 9.17) is 5.73 Å². The van der Waals surface area contributed by atoms with Crippen molar-refractivity contribution in [2.75, 3.05) is 11.5 Å². The summed E-state index contributed by atoms with van der Waals surface area (Å²) in [5.74, 6) is 1.67. The number of hydrogen-bond acceptors (Lipinski definition) is 3. The zero-order chi connectivity index (χ0) is 17.6. The Labute approximate surface area is 139 Å². The van der Waals surface area contributed by atoms with Gasteiger partial charge in [-0.25, -0.2) is 4.98 Å². The lowest BCUT2D eigenvalue weighted by molar-refractivity contribution is -0.137. The molecule has 0 fully saturated rings. The summed E-state index contributed by atoms with van der Waals surface area (Å²) in [4.78, 5) is 4.03. The fraction of sp³-hybridized carbons (Fsp3) is 0.562. The minimum absolute atomic E-state index is 0.285. The number of halogens is 3. The second kappa shape index (κ2) is 8.47. The van der Waals surface area contributed by atoms with Crippen molar-refractivity contribution >= 4 is 28.7 Å². The molecule has 0 spiro atoms. The Hall–Kier alpha value is -1.37. The third-order valence-corrected chi connectivity index (χ3v) is 3.98. The standard InChI is InChI=1S/C11H10F3N3S.C3H8.C2H6/c12-11(13,14)7-3-6-5-18-2-1-17-9(6)8(4-7)16-10(17)15;1-3-2;1-2/h3-4H,1-2,5H2,(H2,15,16);3H2,1-2H3;1-2H3. The third-order valence-electron chi connectivity index (χ3n) is 2.99. The molecule has 3 rings (SSSR count). The Bertz CT molecular complexity index is 636. The van der Waals surface area contributed by atoms with Crippen LogP contribution in [0.25, 0.3) is 11.0 Å². The van der Waals surface area contributed by atoms with Gasteiger partial charge in [0.05, 0.1) is 16.6 Å². The quantitative estimate of drug-likeness (QED) is 0.701. The fourth-order valence-electron chi connectivity index (χ4n) is 2.21. The number of aryl methyl sites for hydroxylation is 1. The molecule has 0 aliphatic carbocycles. The predicted molar refractivity (Wildman–Crippen MR) is 92.6 cm³/mol. The van der Waals surface area contributed by atoms with Gasteiger partial charge in [0.2, 0.25) is 5.95 Å². The topological polar surface area (TPSA) is 43.8 Å². The van der Waals surface area contributed by atoms with Gasteiger partial charge in [-0.15, -0.1) is 0 Å². The van der Waals surface area contributed by atoms with E-state index in [1.807, 2.05) is 13.8 Å². The van der Waals surface area contributed by atoms with Gasteiger partial charge in [0, 0.05) is 18.1 Å². The van der Waals surface area contributed by atoms with Crippen molar-refractivity contribution in [2.24, 2.45) is 0 Å².